The van der Waals surface area contributed by atoms with E-state index in [-0.39, 0.29) is 33.4 Å². The first kappa shape index (κ1) is 49.8. The number of halogens is 10. The summed E-state index contributed by atoms with van der Waals surface area (Å²) in [6.45, 7) is 3.79. The summed E-state index contributed by atoms with van der Waals surface area (Å²) in [5.41, 5.74) is 2.67. The summed E-state index contributed by atoms with van der Waals surface area (Å²) in [6, 6.07) is 23.1. The number of hydrogen-bond donors (Lipinski definition) is 2. The molecule has 0 fully saturated rings. The molecule has 7 rings (SSSR count). The lowest BCUT2D eigenvalue weighted by Crippen LogP contribution is -2.23. The van der Waals surface area contributed by atoms with Gasteiger partial charge in [-0.15, -0.1) is 0 Å². The normalized spacial score (nSPS) is 13.0. The van der Waals surface area contributed by atoms with E-state index in [4.69, 9.17) is 14.2 Å². The van der Waals surface area contributed by atoms with Gasteiger partial charge in [0, 0.05) is 45.0 Å². The van der Waals surface area contributed by atoms with E-state index in [0.717, 1.165) is 36.8 Å². The molecular weight excluding hydrogens is 895 g/mol. The van der Waals surface area contributed by atoms with Crippen molar-refractivity contribution in [2.75, 3.05) is 14.2 Å². The monoisotopic (exact) mass is 940 g/mol. The fourth-order valence-electron chi connectivity index (χ4n) is 7.85. The minimum atomic E-state index is -4.48. The van der Waals surface area contributed by atoms with Gasteiger partial charge in [-0.25, -0.2) is 17.6 Å². The van der Waals surface area contributed by atoms with Crippen LogP contribution in [0.5, 0.6) is 34.5 Å². The Hall–Kier alpha value is -6.64. The molecule has 0 saturated heterocycles. The van der Waals surface area contributed by atoms with Gasteiger partial charge in [-0.2, -0.15) is 26.3 Å². The van der Waals surface area contributed by atoms with Crippen LogP contribution in [0.2, 0.25) is 0 Å². The minimum Gasteiger partial charge on any atom is -0.508 e. The number of phenols is 2. The third-order valence-electron chi connectivity index (χ3n) is 11.1. The third-order valence-corrected chi connectivity index (χ3v) is 11.1. The molecule has 1 atom stereocenters. The van der Waals surface area contributed by atoms with Crippen LogP contribution in [0, 0.1) is 23.3 Å². The zero-order valence-electron chi connectivity index (χ0n) is 36.7. The van der Waals surface area contributed by atoms with Gasteiger partial charge in [-0.3, -0.25) is 0 Å². The number of aromatic hydroxyl groups is 2. The molecule has 6 aromatic carbocycles. The van der Waals surface area contributed by atoms with Crippen molar-refractivity contribution in [1.29, 1.82) is 0 Å². The zero-order valence-corrected chi connectivity index (χ0v) is 36.7. The van der Waals surface area contributed by atoms with Gasteiger partial charge in [0.25, 0.3) is 0 Å². The maximum Gasteiger partial charge on any atom is 0.392 e. The van der Waals surface area contributed by atoms with E-state index < -0.39 is 66.6 Å². The van der Waals surface area contributed by atoms with Gasteiger partial charge in [0.05, 0.1) is 20.6 Å². The molecule has 0 saturated carbocycles. The summed E-state index contributed by atoms with van der Waals surface area (Å²) in [5.74, 6) is -2.71. The number of ether oxygens (including phenoxy) is 3. The molecular formula is C52H46F10O5. The van der Waals surface area contributed by atoms with E-state index in [0.29, 0.717) is 75.1 Å². The highest BCUT2D eigenvalue weighted by molar-refractivity contribution is 5.85. The summed E-state index contributed by atoms with van der Waals surface area (Å²) in [4.78, 5) is 0. The van der Waals surface area contributed by atoms with Crippen molar-refractivity contribution in [3.05, 3.63) is 175 Å². The van der Waals surface area contributed by atoms with Gasteiger partial charge in [-0.05, 0) is 120 Å². The molecule has 0 aliphatic carbocycles. The Labute approximate surface area is 380 Å². The highest BCUT2D eigenvalue weighted by Gasteiger charge is 2.30. The quantitative estimate of drug-likeness (QED) is 0.0890. The fourth-order valence-corrected chi connectivity index (χ4v) is 7.85. The molecule has 0 radical (unpaired) electrons. The minimum absolute atomic E-state index is 0.0173. The number of benzene rings is 6. The van der Waals surface area contributed by atoms with E-state index in [2.05, 4.69) is 0 Å². The number of phenolic OH excluding ortho intramolecular Hbond substituents is 2. The van der Waals surface area contributed by atoms with Gasteiger partial charge < -0.3 is 24.4 Å². The van der Waals surface area contributed by atoms with E-state index in [1.807, 2.05) is 13.8 Å². The van der Waals surface area contributed by atoms with Crippen LogP contribution >= 0.6 is 0 Å². The lowest BCUT2D eigenvalue weighted by Gasteiger charge is -2.23. The van der Waals surface area contributed by atoms with Gasteiger partial charge >= 0.3 is 12.4 Å². The lowest BCUT2D eigenvalue weighted by atomic mass is 9.82. The standard InChI is InChI=1S/C26H25F5O3.C26H21F5O2/c1-3-4-16-11-23(32)19(13-21(16)27)25(15-5-7-18(34-2)8-6-15)20-14-22(28)17(12-24(20)33)9-10-26(29,30)31;1-3-4-16-11-23-19(13-21(16)27)25(15-5-7-18(32-2)8-6-15)20-14-22(28)17(12-24(20)33-23)9-10-26(29,30)31/h5-8,11-14,25,32-33H,3-4,9-10H2,1-2H3;5-9,11-14H,3-4,10H2,1-2H3/b;17-9-. The molecule has 2 N–H and O–H groups in total. The second-order valence-electron chi connectivity index (χ2n) is 15.9. The van der Waals surface area contributed by atoms with Crippen LogP contribution in [0.25, 0.3) is 11.6 Å². The summed E-state index contributed by atoms with van der Waals surface area (Å²) in [7, 11) is 3.00. The second kappa shape index (κ2) is 20.9. The van der Waals surface area contributed by atoms with Crippen molar-refractivity contribution in [3.8, 4) is 34.5 Å². The van der Waals surface area contributed by atoms with E-state index in [1.165, 1.54) is 32.4 Å². The largest absolute Gasteiger partial charge is 0.508 e. The van der Waals surface area contributed by atoms with Gasteiger partial charge in [0.15, 0.2) is 0 Å². The van der Waals surface area contributed by atoms with E-state index in [1.54, 1.807) is 54.6 Å². The Morgan fingerprint density at radius 3 is 1.60 bits per heavy atom. The smallest absolute Gasteiger partial charge is 0.392 e. The average Bonchev–Trinajstić information content (AvgIpc) is 3.27. The van der Waals surface area contributed by atoms with Gasteiger partial charge in [-0.1, -0.05) is 57.0 Å². The van der Waals surface area contributed by atoms with Crippen molar-refractivity contribution < 1.29 is 68.3 Å². The molecule has 354 valence electrons. The number of hydrogen-bond acceptors (Lipinski definition) is 5. The molecule has 6 aromatic rings. The topological polar surface area (TPSA) is 68.2 Å². The zero-order chi connectivity index (χ0) is 48.8. The van der Waals surface area contributed by atoms with Crippen molar-refractivity contribution in [2.45, 2.75) is 77.1 Å². The number of methoxy groups -OCH3 is 2. The van der Waals surface area contributed by atoms with Crippen LogP contribution in [-0.2, 0) is 19.3 Å². The van der Waals surface area contributed by atoms with Crippen LogP contribution in [0.4, 0.5) is 43.9 Å². The molecule has 1 aliphatic rings. The molecule has 15 heteroatoms. The number of alkyl halides is 6. The molecule has 67 heavy (non-hydrogen) atoms. The average molecular weight is 941 g/mol. The second-order valence-corrected chi connectivity index (χ2v) is 15.9. The predicted octanol–water partition coefficient (Wildman–Crippen LogP) is 13.0. The first-order valence-corrected chi connectivity index (χ1v) is 21.2. The molecule has 0 amide bonds. The third kappa shape index (κ3) is 12.0. The van der Waals surface area contributed by atoms with Crippen LogP contribution < -0.4 is 24.6 Å². The Balaban J connectivity index is 0.000000221. The van der Waals surface area contributed by atoms with Crippen molar-refractivity contribution in [1.82, 2.24) is 0 Å². The van der Waals surface area contributed by atoms with E-state index in [9.17, 15) is 54.1 Å². The molecule has 1 heterocycles. The molecule has 0 bridgehead atoms. The SMILES string of the molecule is CCCc1cc(O)c(C(c2ccc(OC)cc2)c2cc(F)c(CCC(F)(F)F)cc2O)cc1F.CCCc1cc2c(cc1F)C(c1ccc(OC)cc1)=c1cc(F)/c(=C\CC(F)(F)F)cc1O2. The summed E-state index contributed by atoms with van der Waals surface area (Å²) in [6.07, 6.45) is -9.00. The maximum atomic E-state index is 14.8. The predicted molar refractivity (Wildman–Crippen MR) is 234 cm³/mol. The van der Waals surface area contributed by atoms with E-state index >= 15 is 0 Å². The maximum absolute atomic E-state index is 14.8. The lowest BCUT2D eigenvalue weighted by molar-refractivity contribution is -0.134. The molecule has 0 spiro atoms. The Bertz CT molecular complexity index is 2840. The van der Waals surface area contributed by atoms with Crippen molar-refractivity contribution >= 4 is 11.6 Å². The molecule has 5 nitrogen and oxygen atoms in total. The van der Waals surface area contributed by atoms with Gasteiger partial charge in [0.1, 0.15) is 57.8 Å². The van der Waals surface area contributed by atoms with Crippen LogP contribution in [0.3, 0.4) is 0 Å². The van der Waals surface area contributed by atoms with Crippen LogP contribution in [0.1, 0.15) is 90.0 Å². The summed E-state index contributed by atoms with van der Waals surface area (Å²) in [5, 5.41) is 21.5. The first-order valence-electron chi connectivity index (χ1n) is 21.2. The summed E-state index contributed by atoms with van der Waals surface area (Å²) >= 11 is 0. The number of rotatable bonds is 13. The highest BCUT2D eigenvalue weighted by Crippen LogP contribution is 2.43. The van der Waals surface area contributed by atoms with Crippen molar-refractivity contribution in [2.24, 2.45) is 0 Å². The summed E-state index contributed by atoms with van der Waals surface area (Å²) < 4.78 is 151. The van der Waals surface area contributed by atoms with Crippen molar-refractivity contribution in [3.63, 3.8) is 0 Å². The first-order chi connectivity index (χ1) is 31.7. The Kier molecular flexibility index (Phi) is 15.5. The molecule has 1 aliphatic heterocycles. The fraction of sp³-hybridized carbons (Fsp3) is 0.269. The Morgan fingerprint density at radius 2 is 1.09 bits per heavy atom. The molecule has 1 unspecified atom stereocenters. The molecule has 0 aromatic heterocycles. The highest BCUT2D eigenvalue weighted by atomic mass is 19.4. The number of aryl methyl sites for hydroxylation is 3. The van der Waals surface area contributed by atoms with Gasteiger partial charge in [0.2, 0.25) is 0 Å². The van der Waals surface area contributed by atoms with Crippen LogP contribution in [-0.4, -0.2) is 36.8 Å². The number of fused-ring (bicyclic) bond motifs is 2. The Morgan fingerprint density at radius 1 is 0.582 bits per heavy atom. The van der Waals surface area contributed by atoms with Crippen LogP contribution in [0.15, 0.2) is 97.1 Å².